The van der Waals surface area contributed by atoms with Gasteiger partial charge in [0.05, 0.1) is 31.0 Å². The van der Waals surface area contributed by atoms with Crippen molar-refractivity contribution in [1.82, 2.24) is 30.4 Å². The van der Waals surface area contributed by atoms with Gasteiger partial charge in [-0.25, -0.2) is 19.5 Å². The standard InChI is InChI=1S/C25H21FN6O3/c1-15-11-17(4-5-19(15)25(34)30-35-10-9-33)21-6-7-22-24(28-21)32(31-29-22)14-18-12-16-3-2-8-27-23(16)13-20(18)26/h2-8,11-13,33H,9-10,14H2,1H3,(H,30,34). The van der Waals surface area contributed by atoms with E-state index >= 15 is 0 Å². The lowest BCUT2D eigenvalue weighted by atomic mass is 10.0. The normalized spacial score (nSPS) is 11.3. The van der Waals surface area contributed by atoms with Crippen molar-refractivity contribution in [2.75, 3.05) is 13.2 Å². The zero-order valence-corrected chi connectivity index (χ0v) is 18.8. The van der Waals surface area contributed by atoms with Crippen LogP contribution in [-0.4, -0.2) is 49.2 Å². The molecule has 3 heterocycles. The predicted octanol–water partition coefficient (Wildman–Crippen LogP) is 3.19. The summed E-state index contributed by atoms with van der Waals surface area (Å²) in [5.74, 6) is -0.774. The van der Waals surface area contributed by atoms with Gasteiger partial charge in [-0.05, 0) is 48.9 Å². The Morgan fingerprint density at radius 2 is 2.03 bits per heavy atom. The minimum Gasteiger partial charge on any atom is -0.394 e. The molecule has 176 valence electrons. The van der Waals surface area contributed by atoms with E-state index in [1.54, 1.807) is 35.1 Å². The molecular formula is C25H21FN6O3. The van der Waals surface area contributed by atoms with Crippen LogP contribution in [0.25, 0.3) is 33.3 Å². The van der Waals surface area contributed by atoms with Crippen LogP contribution in [0.4, 0.5) is 4.39 Å². The van der Waals surface area contributed by atoms with E-state index in [9.17, 15) is 9.18 Å². The number of rotatable bonds is 7. The number of halogens is 1. The summed E-state index contributed by atoms with van der Waals surface area (Å²) < 4.78 is 16.3. The number of aryl methyl sites for hydroxylation is 1. The zero-order valence-electron chi connectivity index (χ0n) is 18.8. The molecule has 2 aromatic carbocycles. The van der Waals surface area contributed by atoms with E-state index in [2.05, 4.69) is 20.8 Å². The second kappa shape index (κ2) is 9.53. The molecule has 9 nitrogen and oxygen atoms in total. The van der Waals surface area contributed by atoms with E-state index in [1.807, 2.05) is 31.2 Å². The zero-order chi connectivity index (χ0) is 24.4. The van der Waals surface area contributed by atoms with Gasteiger partial charge >= 0.3 is 0 Å². The summed E-state index contributed by atoms with van der Waals surface area (Å²) in [6.45, 7) is 1.79. The van der Waals surface area contributed by atoms with Crippen LogP contribution in [0, 0.1) is 12.7 Å². The molecule has 35 heavy (non-hydrogen) atoms. The summed E-state index contributed by atoms with van der Waals surface area (Å²) in [5.41, 5.74) is 7.09. The van der Waals surface area contributed by atoms with Gasteiger partial charge in [0.15, 0.2) is 5.65 Å². The Morgan fingerprint density at radius 3 is 2.86 bits per heavy atom. The number of benzene rings is 2. The number of hydrogen-bond donors (Lipinski definition) is 2. The molecule has 0 aliphatic rings. The number of hydrogen-bond acceptors (Lipinski definition) is 7. The van der Waals surface area contributed by atoms with E-state index in [0.29, 0.717) is 33.5 Å². The van der Waals surface area contributed by atoms with Crippen molar-refractivity contribution in [3.63, 3.8) is 0 Å². The number of carbonyl (C=O) groups is 1. The molecule has 0 unspecified atom stereocenters. The summed E-state index contributed by atoms with van der Waals surface area (Å²) in [6, 6.07) is 15.8. The van der Waals surface area contributed by atoms with Gasteiger partial charge in [-0.15, -0.1) is 5.10 Å². The Kier molecular flexibility index (Phi) is 6.13. The highest BCUT2D eigenvalue weighted by atomic mass is 19.1. The summed E-state index contributed by atoms with van der Waals surface area (Å²) >= 11 is 0. The minimum atomic E-state index is -0.402. The van der Waals surface area contributed by atoms with Gasteiger partial charge in [-0.3, -0.25) is 14.6 Å². The molecule has 0 radical (unpaired) electrons. The number of aliphatic hydroxyl groups is 1. The van der Waals surface area contributed by atoms with Gasteiger partial charge in [-0.2, -0.15) is 0 Å². The monoisotopic (exact) mass is 472 g/mol. The van der Waals surface area contributed by atoms with Crippen molar-refractivity contribution in [3.05, 3.63) is 83.3 Å². The molecule has 0 saturated carbocycles. The highest BCUT2D eigenvalue weighted by molar-refractivity contribution is 5.95. The fourth-order valence-corrected chi connectivity index (χ4v) is 3.84. The van der Waals surface area contributed by atoms with Crippen molar-refractivity contribution in [3.8, 4) is 11.3 Å². The van der Waals surface area contributed by atoms with Crippen LogP contribution in [0.2, 0.25) is 0 Å². The fourth-order valence-electron chi connectivity index (χ4n) is 3.84. The number of carbonyl (C=O) groups excluding carboxylic acids is 1. The third kappa shape index (κ3) is 4.57. The number of pyridine rings is 2. The molecule has 0 atom stereocenters. The number of hydroxylamine groups is 1. The van der Waals surface area contributed by atoms with Crippen LogP contribution < -0.4 is 5.48 Å². The largest absolute Gasteiger partial charge is 0.394 e. The van der Waals surface area contributed by atoms with E-state index in [-0.39, 0.29) is 25.6 Å². The van der Waals surface area contributed by atoms with E-state index in [1.165, 1.54) is 6.07 Å². The average molecular weight is 472 g/mol. The summed E-state index contributed by atoms with van der Waals surface area (Å²) in [4.78, 5) is 26.1. The maximum absolute atomic E-state index is 14.7. The molecule has 1 amide bonds. The van der Waals surface area contributed by atoms with Crippen LogP contribution in [0.1, 0.15) is 21.5 Å². The Hall–Kier alpha value is -4.28. The summed E-state index contributed by atoms with van der Waals surface area (Å²) in [7, 11) is 0. The van der Waals surface area contributed by atoms with Crippen molar-refractivity contribution in [2.45, 2.75) is 13.5 Å². The fraction of sp³-hybridized carbons (Fsp3) is 0.160. The van der Waals surface area contributed by atoms with E-state index in [4.69, 9.17) is 14.9 Å². The molecule has 0 aliphatic carbocycles. The average Bonchev–Trinajstić information content (AvgIpc) is 3.26. The molecule has 0 fully saturated rings. The maximum Gasteiger partial charge on any atom is 0.275 e. The molecular weight excluding hydrogens is 451 g/mol. The topological polar surface area (TPSA) is 115 Å². The smallest absolute Gasteiger partial charge is 0.275 e. The van der Waals surface area contributed by atoms with Crippen LogP contribution in [-0.2, 0) is 11.4 Å². The van der Waals surface area contributed by atoms with Crippen LogP contribution in [0.3, 0.4) is 0 Å². The molecule has 3 aromatic heterocycles. The first kappa shape index (κ1) is 22.5. The van der Waals surface area contributed by atoms with E-state index in [0.717, 1.165) is 16.5 Å². The first-order valence-corrected chi connectivity index (χ1v) is 10.9. The van der Waals surface area contributed by atoms with Crippen LogP contribution in [0.5, 0.6) is 0 Å². The highest BCUT2D eigenvalue weighted by Gasteiger charge is 2.14. The van der Waals surface area contributed by atoms with Gasteiger partial charge in [0.1, 0.15) is 11.3 Å². The molecule has 0 bridgehead atoms. The second-order valence-corrected chi connectivity index (χ2v) is 7.96. The minimum absolute atomic E-state index is 0.00845. The van der Waals surface area contributed by atoms with Crippen molar-refractivity contribution in [1.29, 1.82) is 0 Å². The lowest BCUT2D eigenvalue weighted by molar-refractivity contribution is 0.0168. The van der Waals surface area contributed by atoms with Gasteiger partial charge in [-0.1, -0.05) is 17.3 Å². The van der Waals surface area contributed by atoms with Crippen LogP contribution >= 0.6 is 0 Å². The number of aromatic nitrogens is 5. The molecule has 5 rings (SSSR count). The number of fused-ring (bicyclic) bond motifs is 2. The van der Waals surface area contributed by atoms with Crippen LogP contribution in [0.15, 0.2) is 60.8 Å². The Morgan fingerprint density at radius 1 is 1.14 bits per heavy atom. The van der Waals surface area contributed by atoms with Crippen molar-refractivity contribution >= 4 is 28.0 Å². The quantitative estimate of drug-likeness (QED) is 0.276. The second-order valence-electron chi connectivity index (χ2n) is 7.96. The van der Waals surface area contributed by atoms with Gasteiger partial charge in [0.25, 0.3) is 5.91 Å². The Balaban J connectivity index is 1.44. The lowest BCUT2D eigenvalue weighted by Crippen LogP contribution is -2.25. The summed E-state index contributed by atoms with van der Waals surface area (Å²) in [5, 5.41) is 17.9. The lowest BCUT2D eigenvalue weighted by Gasteiger charge is -2.10. The van der Waals surface area contributed by atoms with E-state index < -0.39 is 5.91 Å². The predicted molar refractivity (Wildman–Crippen MR) is 127 cm³/mol. The van der Waals surface area contributed by atoms with Crippen molar-refractivity contribution in [2.24, 2.45) is 0 Å². The number of nitrogens with one attached hydrogen (secondary N) is 1. The Labute approximate surface area is 199 Å². The third-order valence-corrected chi connectivity index (χ3v) is 5.58. The first-order chi connectivity index (χ1) is 17.0. The number of nitrogens with zero attached hydrogens (tertiary/aromatic N) is 5. The molecule has 10 heteroatoms. The number of amides is 1. The third-order valence-electron chi connectivity index (χ3n) is 5.58. The number of aliphatic hydroxyl groups excluding tert-OH is 1. The molecule has 2 N–H and O–H groups in total. The van der Waals surface area contributed by atoms with Gasteiger partial charge < -0.3 is 5.11 Å². The molecule has 0 saturated heterocycles. The van der Waals surface area contributed by atoms with Crippen molar-refractivity contribution < 1.29 is 19.1 Å². The van der Waals surface area contributed by atoms with Gasteiger partial charge in [0, 0.05) is 34.3 Å². The molecule has 0 aliphatic heterocycles. The highest BCUT2D eigenvalue weighted by Crippen LogP contribution is 2.24. The molecule has 5 aromatic rings. The Bertz CT molecular complexity index is 1550. The molecule has 0 spiro atoms. The maximum atomic E-state index is 14.7. The van der Waals surface area contributed by atoms with Gasteiger partial charge in [0.2, 0.25) is 0 Å². The summed E-state index contributed by atoms with van der Waals surface area (Å²) in [6.07, 6.45) is 1.63. The SMILES string of the molecule is Cc1cc(-c2ccc3nnn(Cc4cc5cccnc5cc4F)c3n2)ccc1C(=O)NOCCO. The first-order valence-electron chi connectivity index (χ1n) is 10.9.